The fourth-order valence-corrected chi connectivity index (χ4v) is 5.00. The van der Waals surface area contributed by atoms with Gasteiger partial charge in [-0.3, -0.25) is 4.79 Å². The number of carbonyl (C=O) groups is 2. The first-order valence-electron chi connectivity index (χ1n) is 9.77. The number of nitrogens with zero attached hydrogens (tertiary/aromatic N) is 3. The first kappa shape index (κ1) is 25.7. The predicted octanol–water partition coefficient (Wildman–Crippen LogP) is 3.98. The molecule has 1 N–H and O–H groups in total. The molecule has 2 aromatic rings. The van der Waals surface area contributed by atoms with Crippen LogP contribution in [0.2, 0.25) is 0 Å². The molecule has 3 rings (SSSR count). The molecule has 1 aliphatic heterocycles. The van der Waals surface area contributed by atoms with Crippen molar-refractivity contribution < 1.29 is 41.0 Å². The van der Waals surface area contributed by atoms with E-state index in [0.717, 1.165) is 17.0 Å². The number of nitrogens with one attached hydrogen (secondary N) is 1. The molecule has 2 heterocycles. The van der Waals surface area contributed by atoms with Crippen molar-refractivity contribution in [3.8, 4) is 5.69 Å². The van der Waals surface area contributed by atoms with Gasteiger partial charge in [0.25, 0.3) is 0 Å². The Kier molecular flexibility index (Phi) is 6.59. The Morgan fingerprint density at radius 2 is 1.65 bits per heavy atom. The Morgan fingerprint density at radius 1 is 1.06 bits per heavy atom. The molecule has 2 atom stereocenters. The fourth-order valence-electron chi connectivity index (χ4n) is 3.43. The van der Waals surface area contributed by atoms with Crippen molar-refractivity contribution in [3.63, 3.8) is 0 Å². The summed E-state index contributed by atoms with van der Waals surface area (Å²) in [4.78, 5) is 25.3. The highest BCUT2D eigenvalue weighted by Crippen LogP contribution is 2.40. The van der Waals surface area contributed by atoms with Crippen LogP contribution < -0.4 is 10.4 Å². The van der Waals surface area contributed by atoms with Gasteiger partial charge in [0.2, 0.25) is 5.91 Å². The minimum atomic E-state index is -5.10. The van der Waals surface area contributed by atoms with Crippen molar-refractivity contribution in [1.29, 1.82) is 0 Å². The molecule has 0 radical (unpaired) electrons. The monoisotopic (exact) mass is 509 g/mol. The molecule has 34 heavy (non-hydrogen) atoms. The third-order valence-corrected chi connectivity index (χ3v) is 6.68. The number of amides is 2. The molecule has 0 spiro atoms. The van der Waals surface area contributed by atoms with Crippen LogP contribution in [0.25, 0.3) is 5.69 Å². The van der Waals surface area contributed by atoms with E-state index in [4.69, 9.17) is 0 Å². The lowest BCUT2D eigenvalue weighted by Crippen LogP contribution is -2.55. The number of aromatic nitrogens is 2. The fraction of sp³-hybridized carbons (Fsp3) is 0.450. The minimum absolute atomic E-state index is 0.0897. The van der Waals surface area contributed by atoms with E-state index in [2.05, 4.69) is 10.4 Å². The van der Waals surface area contributed by atoms with E-state index < -0.39 is 52.6 Å². The van der Waals surface area contributed by atoms with Gasteiger partial charge in [-0.1, -0.05) is 20.8 Å². The number of benzene rings is 1. The Morgan fingerprint density at radius 3 is 2.12 bits per heavy atom. The first-order chi connectivity index (χ1) is 15.5. The normalized spacial score (nSPS) is 19.4. The van der Waals surface area contributed by atoms with Crippen molar-refractivity contribution in [3.05, 3.63) is 41.7 Å². The molecule has 7 nitrogen and oxygen atoms in total. The topological polar surface area (TPSA) is 90.3 Å². The molecule has 2 amide bonds. The van der Waals surface area contributed by atoms with Gasteiger partial charge in [0.05, 0.1) is 11.1 Å². The van der Waals surface area contributed by atoms with Gasteiger partial charge in [-0.2, -0.15) is 31.4 Å². The Bertz CT molecular complexity index is 1080. The van der Waals surface area contributed by atoms with Crippen LogP contribution in [-0.4, -0.2) is 43.8 Å². The lowest BCUT2D eigenvalue weighted by molar-refractivity contribution is -0.268. The lowest BCUT2D eigenvalue weighted by Gasteiger charge is -2.38. The van der Waals surface area contributed by atoms with Crippen molar-refractivity contribution in [2.45, 2.75) is 44.5 Å². The van der Waals surface area contributed by atoms with Crippen LogP contribution in [-0.2, 0) is 17.1 Å². The predicted molar refractivity (Wildman–Crippen MR) is 109 cm³/mol. The summed E-state index contributed by atoms with van der Waals surface area (Å²) in [6.45, 7) is 5.44. The van der Waals surface area contributed by atoms with E-state index in [1.165, 1.54) is 23.9 Å². The third kappa shape index (κ3) is 5.26. The van der Waals surface area contributed by atoms with Crippen LogP contribution in [0, 0.1) is 5.41 Å². The highest BCUT2D eigenvalue weighted by Gasteiger charge is 2.44. The second-order valence-corrected chi connectivity index (χ2v) is 9.71. The number of carbonyl (C=O) groups excluding carboxylic acids is 2. The summed E-state index contributed by atoms with van der Waals surface area (Å²) in [5.41, 5.74) is -4.00. The summed E-state index contributed by atoms with van der Waals surface area (Å²) in [5.74, 6) is -0.506. The van der Waals surface area contributed by atoms with Crippen LogP contribution in [0.4, 0.5) is 36.8 Å². The molecule has 1 aromatic heterocycles. The molecule has 0 aliphatic carbocycles. The molecule has 1 fully saturated rings. The third-order valence-electron chi connectivity index (χ3n) is 4.92. The van der Waals surface area contributed by atoms with Gasteiger partial charge in [0, 0.05) is 17.5 Å². The van der Waals surface area contributed by atoms with E-state index in [1.807, 2.05) is 20.8 Å². The molecular weight excluding hydrogens is 490 g/mol. The van der Waals surface area contributed by atoms with Gasteiger partial charge in [-0.05, 0) is 29.7 Å². The SMILES string of the molecule is CC(C)(C)C1SCC(C(=O)Nc2ccc(-n3nc(C(F)(F)F)cc3C(F)(F)F)cc2)N1C(=O)[O-]. The van der Waals surface area contributed by atoms with Gasteiger partial charge in [0.1, 0.15) is 17.8 Å². The molecule has 2 unspecified atom stereocenters. The number of hydrogen-bond acceptors (Lipinski definition) is 5. The summed E-state index contributed by atoms with van der Waals surface area (Å²) < 4.78 is 78.5. The number of thioether (sulfide) groups is 1. The smallest absolute Gasteiger partial charge is 0.435 e. The van der Waals surface area contributed by atoms with Crippen molar-refractivity contribution in [2.24, 2.45) is 5.41 Å². The largest absolute Gasteiger partial charge is 0.530 e. The first-order valence-corrected chi connectivity index (χ1v) is 10.8. The number of hydrogen-bond donors (Lipinski definition) is 1. The maximum atomic E-state index is 13.2. The number of rotatable bonds is 3. The second-order valence-electron chi connectivity index (χ2n) is 8.60. The van der Waals surface area contributed by atoms with Crippen molar-refractivity contribution >= 4 is 29.4 Å². The number of alkyl halides is 6. The summed E-state index contributed by atoms with van der Waals surface area (Å²) >= 11 is 1.27. The second kappa shape index (κ2) is 8.71. The van der Waals surface area contributed by atoms with Gasteiger partial charge < -0.3 is 20.1 Å². The van der Waals surface area contributed by atoms with E-state index in [-0.39, 0.29) is 27.9 Å². The van der Waals surface area contributed by atoms with Crippen LogP contribution in [0.1, 0.15) is 32.2 Å². The van der Waals surface area contributed by atoms with E-state index in [1.54, 1.807) is 0 Å². The van der Waals surface area contributed by atoms with Gasteiger partial charge >= 0.3 is 12.4 Å². The highest BCUT2D eigenvalue weighted by molar-refractivity contribution is 8.00. The van der Waals surface area contributed by atoms with E-state index in [0.29, 0.717) is 0 Å². The lowest BCUT2D eigenvalue weighted by atomic mass is 9.95. The van der Waals surface area contributed by atoms with Crippen LogP contribution >= 0.6 is 11.8 Å². The van der Waals surface area contributed by atoms with E-state index >= 15 is 0 Å². The standard InChI is InChI=1S/C20H20F6N4O3S/c1-18(2,3)16-29(17(32)33)12(9-34-16)15(31)27-10-4-6-11(7-5-10)30-14(20(24,25)26)8-13(28-30)19(21,22)23/h4-8,12,16H,9H2,1-3H3,(H,27,31)(H,32,33)/p-1. The quantitative estimate of drug-likeness (QED) is 0.633. The van der Waals surface area contributed by atoms with Gasteiger partial charge in [0.15, 0.2) is 5.69 Å². The van der Waals surface area contributed by atoms with Crippen molar-refractivity contribution in [1.82, 2.24) is 14.7 Å². The van der Waals surface area contributed by atoms with Crippen LogP contribution in [0.3, 0.4) is 0 Å². The summed E-state index contributed by atoms with van der Waals surface area (Å²) in [7, 11) is 0. The Balaban J connectivity index is 1.83. The maximum absolute atomic E-state index is 13.2. The zero-order valence-corrected chi connectivity index (χ0v) is 18.8. The molecule has 0 bridgehead atoms. The van der Waals surface area contributed by atoms with Crippen LogP contribution in [0.5, 0.6) is 0 Å². The van der Waals surface area contributed by atoms with Crippen LogP contribution in [0.15, 0.2) is 30.3 Å². The average Bonchev–Trinajstić information content (AvgIpc) is 3.33. The highest BCUT2D eigenvalue weighted by atomic mass is 32.2. The zero-order valence-electron chi connectivity index (χ0n) is 18.0. The number of halogens is 6. The molecule has 186 valence electrons. The molecular formula is C20H19F6N4O3S-. The Hall–Kier alpha value is -2.90. The molecule has 0 saturated carbocycles. The molecule has 1 saturated heterocycles. The average molecular weight is 509 g/mol. The van der Waals surface area contributed by atoms with E-state index in [9.17, 15) is 41.0 Å². The van der Waals surface area contributed by atoms with Gasteiger partial charge in [-0.15, -0.1) is 11.8 Å². The van der Waals surface area contributed by atoms with Crippen molar-refractivity contribution in [2.75, 3.05) is 11.1 Å². The number of carboxylic acid groups (broad SMARTS) is 1. The summed E-state index contributed by atoms with van der Waals surface area (Å²) in [6, 6.07) is 3.31. The molecule has 1 aliphatic rings. The Labute approximate surface area is 194 Å². The summed E-state index contributed by atoms with van der Waals surface area (Å²) in [5, 5.41) is 16.6. The number of anilines is 1. The summed E-state index contributed by atoms with van der Waals surface area (Å²) in [6.07, 6.45) is -11.7. The zero-order chi connectivity index (χ0) is 25.6. The minimum Gasteiger partial charge on any atom is -0.530 e. The maximum Gasteiger partial charge on any atom is 0.435 e. The molecule has 1 aromatic carbocycles. The molecule has 14 heteroatoms. The van der Waals surface area contributed by atoms with Gasteiger partial charge in [-0.25, -0.2) is 4.68 Å².